The van der Waals surface area contributed by atoms with Gasteiger partial charge in [-0.25, -0.2) is 4.79 Å². The van der Waals surface area contributed by atoms with Crippen molar-refractivity contribution < 1.29 is 14.3 Å². The van der Waals surface area contributed by atoms with Crippen LogP contribution in [0.3, 0.4) is 0 Å². The molecule has 2 heterocycles. The molecular weight excluding hydrogens is 454 g/mol. The van der Waals surface area contributed by atoms with Gasteiger partial charge in [0.1, 0.15) is 6.61 Å². The highest BCUT2D eigenvalue weighted by molar-refractivity contribution is 6.08. The quantitative estimate of drug-likeness (QED) is 0.501. The molecule has 2 aromatic carbocycles. The van der Waals surface area contributed by atoms with E-state index >= 15 is 0 Å². The van der Waals surface area contributed by atoms with Crippen molar-refractivity contribution in [2.45, 2.75) is 32.0 Å². The number of carbonyl (C=O) groups excluding carboxylic acids is 2. The van der Waals surface area contributed by atoms with E-state index in [-0.39, 0.29) is 12.5 Å². The number of ether oxygens (including phenoxy) is 1. The van der Waals surface area contributed by atoms with Crippen LogP contribution in [-0.4, -0.2) is 54.1 Å². The Morgan fingerprint density at radius 2 is 1.69 bits per heavy atom. The Morgan fingerprint density at radius 1 is 0.917 bits per heavy atom. The molecule has 3 aromatic rings. The average Bonchev–Trinajstić information content (AvgIpc) is 3.78. The van der Waals surface area contributed by atoms with Crippen molar-refractivity contribution in [1.29, 1.82) is 0 Å². The van der Waals surface area contributed by atoms with Gasteiger partial charge in [-0.05, 0) is 48.7 Å². The maximum Gasteiger partial charge on any atom is 0.407 e. The van der Waals surface area contributed by atoms with Crippen LogP contribution in [0.2, 0.25) is 0 Å². The number of nitrogens with one attached hydrogen (secondary N) is 2. The third kappa shape index (κ3) is 6.20. The summed E-state index contributed by atoms with van der Waals surface area (Å²) >= 11 is 0. The monoisotopic (exact) mass is 485 g/mol. The van der Waals surface area contributed by atoms with Crippen LogP contribution in [0.1, 0.15) is 34.3 Å². The van der Waals surface area contributed by atoms with E-state index in [0.29, 0.717) is 17.8 Å². The van der Waals surface area contributed by atoms with Crippen molar-refractivity contribution in [2.24, 2.45) is 0 Å². The first-order valence-corrected chi connectivity index (χ1v) is 12.4. The normalized spacial score (nSPS) is 15.8. The Hall–Kier alpha value is -3.91. The highest BCUT2D eigenvalue weighted by atomic mass is 16.5. The summed E-state index contributed by atoms with van der Waals surface area (Å²) in [7, 11) is 0. The molecule has 1 aromatic heterocycles. The molecule has 1 aliphatic carbocycles. The third-order valence-electron chi connectivity index (χ3n) is 6.61. The minimum absolute atomic E-state index is 0.125. The maximum absolute atomic E-state index is 13.1. The summed E-state index contributed by atoms with van der Waals surface area (Å²) < 4.78 is 5.20. The smallest absolute Gasteiger partial charge is 0.407 e. The molecule has 0 unspecified atom stereocenters. The Labute approximate surface area is 211 Å². The second-order valence-corrected chi connectivity index (χ2v) is 9.21. The minimum Gasteiger partial charge on any atom is -0.445 e. The van der Waals surface area contributed by atoms with E-state index in [1.165, 1.54) is 12.8 Å². The van der Waals surface area contributed by atoms with Gasteiger partial charge in [-0.2, -0.15) is 0 Å². The molecule has 2 amide bonds. The average molecular weight is 486 g/mol. The van der Waals surface area contributed by atoms with E-state index in [4.69, 9.17) is 4.74 Å². The van der Waals surface area contributed by atoms with Gasteiger partial charge in [0.25, 0.3) is 5.91 Å². The van der Waals surface area contributed by atoms with Crippen LogP contribution in [0.15, 0.2) is 73.1 Å². The van der Waals surface area contributed by atoms with Crippen LogP contribution in [0.4, 0.5) is 16.2 Å². The predicted molar refractivity (Wildman–Crippen MR) is 139 cm³/mol. The molecule has 1 aliphatic heterocycles. The van der Waals surface area contributed by atoms with E-state index in [2.05, 4.69) is 25.4 Å². The lowest BCUT2D eigenvalue weighted by atomic mass is 10.1. The fraction of sp³-hybridized carbons (Fsp3) is 0.321. The number of benzene rings is 2. The SMILES string of the molecule is O=C(NCc1ccc(NC(=O)c2ccccc2N2CCN(C3CC3)CC2)cc1)OCc1cccnc1. The summed E-state index contributed by atoms with van der Waals surface area (Å²) in [4.78, 5) is 34.0. The summed E-state index contributed by atoms with van der Waals surface area (Å²) in [6.07, 6.45) is 5.48. The molecule has 0 atom stereocenters. The van der Waals surface area contributed by atoms with Crippen molar-refractivity contribution in [3.63, 3.8) is 0 Å². The lowest BCUT2D eigenvalue weighted by molar-refractivity contribution is 0.102. The van der Waals surface area contributed by atoms with Gasteiger partial charge in [-0.1, -0.05) is 30.3 Å². The van der Waals surface area contributed by atoms with E-state index in [1.807, 2.05) is 54.6 Å². The van der Waals surface area contributed by atoms with E-state index in [0.717, 1.165) is 49.0 Å². The van der Waals surface area contributed by atoms with Crippen molar-refractivity contribution in [3.05, 3.63) is 89.7 Å². The summed E-state index contributed by atoms with van der Waals surface area (Å²) in [6.45, 7) is 4.47. The van der Waals surface area contributed by atoms with Crippen LogP contribution in [0, 0.1) is 0 Å². The van der Waals surface area contributed by atoms with Gasteiger partial charge in [-0.15, -0.1) is 0 Å². The number of para-hydroxylation sites is 1. The van der Waals surface area contributed by atoms with Crippen molar-refractivity contribution in [2.75, 3.05) is 36.4 Å². The molecule has 1 saturated heterocycles. The van der Waals surface area contributed by atoms with E-state index < -0.39 is 6.09 Å². The standard InChI is InChI=1S/C28H31N5O3/c34-27(25-5-1-2-6-26(25)33-16-14-32(15-17-33)24-11-12-24)31-23-9-7-21(8-10-23)19-30-28(35)36-20-22-4-3-13-29-18-22/h1-10,13,18,24H,11-12,14-17,19-20H2,(H,30,35)(H,31,34). The number of piperazine rings is 1. The first kappa shape index (κ1) is 23.8. The van der Waals surface area contributed by atoms with Crippen molar-refractivity contribution in [1.82, 2.24) is 15.2 Å². The molecule has 36 heavy (non-hydrogen) atoms. The molecule has 2 aliphatic rings. The van der Waals surface area contributed by atoms with Gasteiger partial charge in [-0.3, -0.25) is 14.7 Å². The maximum atomic E-state index is 13.1. The Bertz CT molecular complexity index is 1170. The summed E-state index contributed by atoms with van der Waals surface area (Å²) in [5.74, 6) is -0.125. The summed E-state index contributed by atoms with van der Waals surface area (Å²) in [5, 5.41) is 5.75. The van der Waals surface area contributed by atoms with Gasteiger partial charge in [0.2, 0.25) is 0 Å². The zero-order chi connectivity index (χ0) is 24.7. The number of amides is 2. The predicted octanol–water partition coefficient (Wildman–Crippen LogP) is 4.04. The van der Waals surface area contributed by atoms with Crippen LogP contribution in [0.25, 0.3) is 0 Å². The molecule has 0 radical (unpaired) electrons. The second kappa shape index (κ2) is 11.2. The van der Waals surface area contributed by atoms with Gasteiger partial charge in [0.05, 0.1) is 5.56 Å². The first-order chi connectivity index (χ1) is 17.7. The van der Waals surface area contributed by atoms with Gasteiger partial charge < -0.3 is 20.3 Å². The number of alkyl carbamates (subject to hydrolysis) is 1. The highest BCUT2D eigenvalue weighted by Crippen LogP contribution is 2.29. The molecule has 2 N–H and O–H groups in total. The second-order valence-electron chi connectivity index (χ2n) is 9.21. The zero-order valence-corrected chi connectivity index (χ0v) is 20.2. The lowest BCUT2D eigenvalue weighted by Gasteiger charge is -2.37. The summed E-state index contributed by atoms with van der Waals surface area (Å²) in [5.41, 5.74) is 4.10. The van der Waals surface area contributed by atoms with Gasteiger partial charge in [0.15, 0.2) is 0 Å². The fourth-order valence-corrected chi connectivity index (χ4v) is 4.47. The highest BCUT2D eigenvalue weighted by Gasteiger charge is 2.31. The first-order valence-electron chi connectivity index (χ1n) is 12.4. The number of hydrogen-bond acceptors (Lipinski definition) is 6. The number of pyridine rings is 1. The molecule has 186 valence electrons. The molecule has 8 heteroatoms. The molecule has 0 bridgehead atoms. The fourth-order valence-electron chi connectivity index (χ4n) is 4.47. The summed E-state index contributed by atoms with van der Waals surface area (Å²) in [6, 6.07) is 19.7. The number of carbonyl (C=O) groups is 2. The number of aromatic nitrogens is 1. The Kier molecular flexibility index (Phi) is 7.42. The van der Waals surface area contributed by atoms with E-state index in [1.54, 1.807) is 18.5 Å². The molecule has 0 spiro atoms. The minimum atomic E-state index is -0.495. The molecular formula is C28H31N5O3. The van der Waals surface area contributed by atoms with E-state index in [9.17, 15) is 9.59 Å². The van der Waals surface area contributed by atoms with Gasteiger partial charge >= 0.3 is 6.09 Å². The Balaban J connectivity index is 1.12. The molecule has 8 nitrogen and oxygen atoms in total. The van der Waals surface area contributed by atoms with Crippen LogP contribution in [-0.2, 0) is 17.9 Å². The topological polar surface area (TPSA) is 86.8 Å². The zero-order valence-electron chi connectivity index (χ0n) is 20.2. The molecule has 5 rings (SSSR count). The van der Waals surface area contributed by atoms with Gasteiger partial charge in [0, 0.05) is 68.1 Å². The van der Waals surface area contributed by atoms with Crippen LogP contribution >= 0.6 is 0 Å². The molecule has 1 saturated carbocycles. The molecule has 2 fully saturated rings. The number of rotatable bonds is 8. The van der Waals surface area contributed by atoms with Crippen molar-refractivity contribution in [3.8, 4) is 0 Å². The lowest BCUT2D eigenvalue weighted by Crippen LogP contribution is -2.47. The van der Waals surface area contributed by atoms with Crippen LogP contribution in [0.5, 0.6) is 0 Å². The third-order valence-corrected chi connectivity index (χ3v) is 6.61. The van der Waals surface area contributed by atoms with Crippen molar-refractivity contribution >= 4 is 23.4 Å². The largest absolute Gasteiger partial charge is 0.445 e. The number of anilines is 2. The number of nitrogens with zero attached hydrogens (tertiary/aromatic N) is 3. The number of hydrogen-bond donors (Lipinski definition) is 2. The van der Waals surface area contributed by atoms with Crippen LogP contribution < -0.4 is 15.5 Å². The Morgan fingerprint density at radius 3 is 2.42 bits per heavy atom.